The summed E-state index contributed by atoms with van der Waals surface area (Å²) < 4.78 is 26.9. The lowest BCUT2D eigenvalue weighted by atomic mass is 10.1. The van der Waals surface area contributed by atoms with E-state index in [1.165, 1.54) is 4.90 Å². The van der Waals surface area contributed by atoms with Gasteiger partial charge < -0.3 is 10.6 Å². The van der Waals surface area contributed by atoms with Crippen LogP contribution in [-0.4, -0.2) is 17.9 Å². The van der Waals surface area contributed by atoms with E-state index >= 15 is 0 Å². The van der Waals surface area contributed by atoms with Crippen LogP contribution in [0.3, 0.4) is 0 Å². The Morgan fingerprint density at radius 3 is 2.57 bits per heavy atom. The third-order valence-electron chi connectivity index (χ3n) is 3.45. The molecular formula is C16H16F2N2O. The molecule has 1 amide bonds. The van der Waals surface area contributed by atoms with Crippen LogP contribution in [0.2, 0.25) is 0 Å². The molecule has 5 heteroatoms. The van der Waals surface area contributed by atoms with Crippen LogP contribution in [0.5, 0.6) is 0 Å². The molecule has 1 unspecified atom stereocenters. The average molecular weight is 290 g/mol. The molecule has 2 N–H and O–H groups in total. The van der Waals surface area contributed by atoms with Crippen molar-refractivity contribution < 1.29 is 13.6 Å². The number of carbonyl (C=O) groups is 1. The van der Waals surface area contributed by atoms with Gasteiger partial charge in [0.25, 0.3) is 5.91 Å². The number of hydrogen-bond donors (Lipinski definition) is 1. The fourth-order valence-corrected chi connectivity index (χ4v) is 2.07. The maximum atomic E-state index is 13.7. The van der Waals surface area contributed by atoms with Gasteiger partial charge in [0.2, 0.25) is 0 Å². The summed E-state index contributed by atoms with van der Waals surface area (Å²) in [5.74, 6) is -1.97. The molecule has 0 spiro atoms. The van der Waals surface area contributed by atoms with Gasteiger partial charge in [-0.1, -0.05) is 12.1 Å². The van der Waals surface area contributed by atoms with Crippen molar-refractivity contribution in [3.8, 4) is 0 Å². The van der Waals surface area contributed by atoms with Gasteiger partial charge in [-0.05, 0) is 42.8 Å². The molecule has 2 aromatic rings. The van der Waals surface area contributed by atoms with Gasteiger partial charge in [-0.25, -0.2) is 8.78 Å². The van der Waals surface area contributed by atoms with Crippen molar-refractivity contribution in [2.75, 3.05) is 12.8 Å². The molecule has 1 atom stereocenters. The lowest BCUT2D eigenvalue weighted by molar-refractivity contribution is 0.0737. The number of rotatable bonds is 3. The number of nitrogen functional groups attached to an aromatic ring is 1. The van der Waals surface area contributed by atoms with Crippen molar-refractivity contribution in [1.82, 2.24) is 4.90 Å². The summed E-state index contributed by atoms with van der Waals surface area (Å²) in [5.41, 5.74) is 6.83. The van der Waals surface area contributed by atoms with Gasteiger partial charge in [0.1, 0.15) is 11.6 Å². The minimum absolute atomic E-state index is 0.284. The highest BCUT2D eigenvalue weighted by atomic mass is 19.1. The predicted molar refractivity (Wildman–Crippen MR) is 77.7 cm³/mol. The summed E-state index contributed by atoms with van der Waals surface area (Å²) in [7, 11) is 1.54. The molecule has 0 fully saturated rings. The van der Waals surface area contributed by atoms with E-state index < -0.39 is 17.5 Å². The van der Waals surface area contributed by atoms with Crippen molar-refractivity contribution in [3.05, 3.63) is 65.2 Å². The van der Waals surface area contributed by atoms with Crippen LogP contribution in [0.15, 0.2) is 42.5 Å². The van der Waals surface area contributed by atoms with E-state index in [0.29, 0.717) is 5.69 Å². The van der Waals surface area contributed by atoms with E-state index in [0.717, 1.165) is 23.8 Å². The van der Waals surface area contributed by atoms with Gasteiger partial charge in [-0.2, -0.15) is 0 Å². The second-order valence-electron chi connectivity index (χ2n) is 4.89. The average Bonchev–Trinajstić information content (AvgIpc) is 2.47. The van der Waals surface area contributed by atoms with Gasteiger partial charge in [-0.15, -0.1) is 0 Å². The van der Waals surface area contributed by atoms with E-state index in [4.69, 9.17) is 5.73 Å². The Kier molecular flexibility index (Phi) is 4.21. The summed E-state index contributed by atoms with van der Waals surface area (Å²) in [5, 5.41) is 0. The molecule has 0 bridgehead atoms. The first-order valence-electron chi connectivity index (χ1n) is 6.48. The summed E-state index contributed by atoms with van der Waals surface area (Å²) in [6, 6.07) is 9.61. The minimum Gasteiger partial charge on any atom is -0.399 e. The van der Waals surface area contributed by atoms with Gasteiger partial charge in [-0.3, -0.25) is 4.79 Å². The number of benzene rings is 2. The van der Waals surface area contributed by atoms with Crippen molar-refractivity contribution in [3.63, 3.8) is 0 Å². The van der Waals surface area contributed by atoms with E-state index in [9.17, 15) is 13.6 Å². The number of amides is 1. The fraction of sp³-hybridized carbons (Fsp3) is 0.188. The summed E-state index contributed by atoms with van der Waals surface area (Å²) in [4.78, 5) is 13.7. The monoisotopic (exact) mass is 290 g/mol. The Hall–Kier alpha value is -2.43. The maximum Gasteiger partial charge on any atom is 0.257 e. The molecule has 2 aromatic carbocycles. The zero-order valence-electron chi connectivity index (χ0n) is 11.8. The largest absolute Gasteiger partial charge is 0.399 e. The van der Waals surface area contributed by atoms with E-state index in [2.05, 4.69) is 0 Å². The molecule has 0 radical (unpaired) electrons. The van der Waals surface area contributed by atoms with Gasteiger partial charge >= 0.3 is 0 Å². The Bertz CT molecular complexity index is 673. The first-order chi connectivity index (χ1) is 9.90. The van der Waals surface area contributed by atoms with Gasteiger partial charge in [0, 0.05) is 12.7 Å². The van der Waals surface area contributed by atoms with E-state index in [1.807, 2.05) is 6.07 Å². The fourth-order valence-electron chi connectivity index (χ4n) is 2.07. The highest BCUT2D eigenvalue weighted by Gasteiger charge is 2.22. The van der Waals surface area contributed by atoms with Gasteiger partial charge in [0.05, 0.1) is 11.6 Å². The van der Waals surface area contributed by atoms with Crippen LogP contribution < -0.4 is 5.73 Å². The third-order valence-corrected chi connectivity index (χ3v) is 3.45. The Morgan fingerprint density at radius 1 is 1.19 bits per heavy atom. The molecule has 3 nitrogen and oxygen atoms in total. The normalized spacial score (nSPS) is 12.0. The smallest absolute Gasteiger partial charge is 0.257 e. The van der Waals surface area contributed by atoms with E-state index in [-0.39, 0.29) is 11.6 Å². The summed E-state index contributed by atoms with van der Waals surface area (Å²) in [6.45, 7) is 1.80. The Labute approximate surface area is 122 Å². The highest BCUT2D eigenvalue weighted by Crippen LogP contribution is 2.23. The number of anilines is 1. The third kappa shape index (κ3) is 3.18. The summed E-state index contributed by atoms with van der Waals surface area (Å²) >= 11 is 0. The van der Waals surface area contributed by atoms with E-state index in [1.54, 1.807) is 32.2 Å². The SMILES string of the molecule is CC(c1cccc(N)c1)N(C)C(=O)c1cc(F)ccc1F. The Morgan fingerprint density at radius 2 is 1.90 bits per heavy atom. The van der Waals surface area contributed by atoms with Crippen LogP contribution in [0.1, 0.15) is 28.9 Å². The lowest BCUT2D eigenvalue weighted by Gasteiger charge is -2.25. The number of nitrogens with two attached hydrogens (primary N) is 1. The zero-order chi connectivity index (χ0) is 15.6. The molecule has 0 aromatic heterocycles. The number of halogens is 2. The van der Waals surface area contributed by atoms with Crippen molar-refractivity contribution in [2.24, 2.45) is 0 Å². The standard InChI is InChI=1S/C16H16F2N2O/c1-10(11-4-3-5-13(19)8-11)20(2)16(21)14-9-12(17)6-7-15(14)18/h3-10H,19H2,1-2H3. The molecule has 0 aliphatic rings. The quantitative estimate of drug-likeness (QED) is 0.881. The van der Waals surface area contributed by atoms with Crippen LogP contribution >= 0.6 is 0 Å². The molecule has 2 rings (SSSR count). The van der Waals surface area contributed by atoms with Crippen LogP contribution in [-0.2, 0) is 0 Å². The van der Waals surface area contributed by atoms with Crippen LogP contribution in [0.4, 0.5) is 14.5 Å². The molecule has 110 valence electrons. The number of nitrogens with zero attached hydrogens (tertiary/aromatic N) is 1. The summed E-state index contributed by atoms with van der Waals surface area (Å²) in [6.07, 6.45) is 0. The molecule has 0 saturated heterocycles. The molecule has 0 aliphatic heterocycles. The highest BCUT2D eigenvalue weighted by molar-refractivity contribution is 5.94. The van der Waals surface area contributed by atoms with Crippen molar-refractivity contribution in [2.45, 2.75) is 13.0 Å². The van der Waals surface area contributed by atoms with Crippen LogP contribution in [0.25, 0.3) is 0 Å². The first kappa shape index (κ1) is 15.0. The first-order valence-corrected chi connectivity index (χ1v) is 6.48. The predicted octanol–water partition coefficient (Wildman–Crippen LogP) is 3.38. The molecular weight excluding hydrogens is 274 g/mol. The second kappa shape index (κ2) is 5.91. The molecule has 0 aliphatic carbocycles. The minimum atomic E-state index is -0.743. The van der Waals surface area contributed by atoms with Crippen molar-refractivity contribution in [1.29, 1.82) is 0 Å². The molecule has 0 heterocycles. The number of carbonyl (C=O) groups excluding carboxylic acids is 1. The molecule has 0 saturated carbocycles. The molecule has 21 heavy (non-hydrogen) atoms. The zero-order valence-corrected chi connectivity index (χ0v) is 11.8. The topological polar surface area (TPSA) is 46.3 Å². The van der Waals surface area contributed by atoms with Gasteiger partial charge in [0.15, 0.2) is 0 Å². The lowest BCUT2D eigenvalue weighted by Crippen LogP contribution is -2.30. The van der Waals surface area contributed by atoms with Crippen LogP contribution in [0, 0.1) is 11.6 Å². The number of hydrogen-bond acceptors (Lipinski definition) is 2. The second-order valence-corrected chi connectivity index (χ2v) is 4.89. The van der Waals surface area contributed by atoms with Crippen molar-refractivity contribution >= 4 is 11.6 Å². The Balaban J connectivity index is 2.28. The maximum absolute atomic E-state index is 13.7.